The molecule has 0 aliphatic heterocycles. The van der Waals surface area contributed by atoms with Crippen LogP contribution in [0.1, 0.15) is 25.6 Å². The van der Waals surface area contributed by atoms with E-state index in [1.54, 1.807) is 6.92 Å². The lowest BCUT2D eigenvalue weighted by Gasteiger charge is -2.11. The summed E-state index contributed by atoms with van der Waals surface area (Å²) >= 11 is 0. The predicted octanol–water partition coefficient (Wildman–Crippen LogP) is 0.994. The Hall–Kier alpha value is -0.610. The lowest BCUT2D eigenvalue weighted by molar-refractivity contribution is 0.371. The van der Waals surface area contributed by atoms with Gasteiger partial charge in [0.2, 0.25) is 5.89 Å². The number of aryl methyl sites for hydroxylation is 1. The van der Waals surface area contributed by atoms with Gasteiger partial charge in [-0.1, -0.05) is 5.16 Å². The van der Waals surface area contributed by atoms with Gasteiger partial charge in [-0.3, -0.25) is 0 Å². The molecule has 0 spiro atoms. The van der Waals surface area contributed by atoms with Crippen molar-refractivity contribution in [3.63, 3.8) is 0 Å². The highest BCUT2D eigenvalue weighted by Gasteiger charge is 2.19. The summed E-state index contributed by atoms with van der Waals surface area (Å²) in [6.07, 6.45) is 0. The fraction of sp³-hybridized carbons (Fsp3) is 0.667. The highest BCUT2D eigenvalue weighted by atomic mass is 35.5. The highest BCUT2D eigenvalue weighted by Crippen LogP contribution is 2.11. The van der Waals surface area contributed by atoms with E-state index in [9.17, 15) is 0 Å². The average molecular weight is 178 g/mol. The van der Waals surface area contributed by atoms with Gasteiger partial charge in [0.15, 0.2) is 5.82 Å². The van der Waals surface area contributed by atoms with E-state index >= 15 is 0 Å². The number of halogens is 1. The van der Waals surface area contributed by atoms with E-state index in [0.29, 0.717) is 11.7 Å². The Morgan fingerprint density at radius 2 is 2.00 bits per heavy atom. The van der Waals surface area contributed by atoms with E-state index in [-0.39, 0.29) is 12.4 Å². The molecule has 1 aromatic rings. The largest absolute Gasteiger partial charge is 0.340 e. The van der Waals surface area contributed by atoms with E-state index in [1.165, 1.54) is 0 Å². The van der Waals surface area contributed by atoms with E-state index in [0.717, 1.165) is 0 Å². The first kappa shape index (κ1) is 10.4. The molecule has 0 atom stereocenters. The smallest absolute Gasteiger partial charge is 0.223 e. The van der Waals surface area contributed by atoms with Gasteiger partial charge in [0, 0.05) is 6.92 Å². The molecular formula is C6H12ClN3O. The van der Waals surface area contributed by atoms with Gasteiger partial charge >= 0.3 is 0 Å². The van der Waals surface area contributed by atoms with Crippen molar-refractivity contribution in [1.29, 1.82) is 0 Å². The maximum Gasteiger partial charge on any atom is 0.223 e. The van der Waals surface area contributed by atoms with Crippen molar-refractivity contribution < 1.29 is 4.52 Å². The Morgan fingerprint density at radius 1 is 1.45 bits per heavy atom. The molecular weight excluding hydrogens is 166 g/mol. The van der Waals surface area contributed by atoms with Gasteiger partial charge in [-0.25, -0.2) is 0 Å². The van der Waals surface area contributed by atoms with Gasteiger partial charge in [0.1, 0.15) is 0 Å². The monoisotopic (exact) mass is 177 g/mol. The third-order valence-electron chi connectivity index (χ3n) is 1.10. The Morgan fingerprint density at radius 3 is 2.18 bits per heavy atom. The van der Waals surface area contributed by atoms with Crippen molar-refractivity contribution in [1.82, 2.24) is 10.1 Å². The molecule has 0 saturated carbocycles. The summed E-state index contributed by atoms with van der Waals surface area (Å²) in [5, 5.41) is 3.68. The van der Waals surface area contributed by atoms with Crippen LogP contribution in [0.25, 0.3) is 0 Å². The molecule has 0 aliphatic rings. The molecule has 64 valence electrons. The van der Waals surface area contributed by atoms with Crippen LogP contribution in [0.5, 0.6) is 0 Å². The molecule has 0 aromatic carbocycles. The van der Waals surface area contributed by atoms with E-state index < -0.39 is 5.54 Å². The maximum atomic E-state index is 5.69. The maximum absolute atomic E-state index is 5.69. The lowest BCUT2D eigenvalue weighted by Crippen LogP contribution is -2.30. The molecule has 5 heteroatoms. The van der Waals surface area contributed by atoms with Crippen LogP contribution in [0.4, 0.5) is 0 Å². The predicted molar refractivity (Wildman–Crippen MR) is 43.5 cm³/mol. The van der Waals surface area contributed by atoms with E-state index in [2.05, 4.69) is 10.1 Å². The highest BCUT2D eigenvalue weighted by molar-refractivity contribution is 5.85. The number of hydrogen-bond donors (Lipinski definition) is 1. The zero-order valence-corrected chi connectivity index (χ0v) is 7.60. The van der Waals surface area contributed by atoms with Crippen LogP contribution in [0.15, 0.2) is 4.52 Å². The van der Waals surface area contributed by atoms with Crippen molar-refractivity contribution in [2.75, 3.05) is 0 Å². The molecule has 1 rings (SSSR count). The summed E-state index contributed by atoms with van der Waals surface area (Å²) in [6.45, 7) is 5.40. The molecule has 0 saturated heterocycles. The summed E-state index contributed by atoms with van der Waals surface area (Å²) in [5.74, 6) is 1.10. The van der Waals surface area contributed by atoms with Crippen molar-refractivity contribution in [2.45, 2.75) is 26.3 Å². The van der Waals surface area contributed by atoms with Crippen LogP contribution in [-0.4, -0.2) is 10.1 Å². The van der Waals surface area contributed by atoms with Gasteiger partial charge in [-0.2, -0.15) is 4.98 Å². The minimum absolute atomic E-state index is 0. The quantitative estimate of drug-likeness (QED) is 0.695. The van der Waals surface area contributed by atoms with Crippen molar-refractivity contribution >= 4 is 12.4 Å². The van der Waals surface area contributed by atoms with Gasteiger partial charge in [-0.15, -0.1) is 12.4 Å². The van der Waals surface area contributed by atoms with Gasteiger partial charge < -0.3 is 10.3 Å². The molecule has 0 unspecified atom stereocenters. The molecule has 1 aromatic heterocycles. The third-order valence-corrected chi connectivity index (χ3v) is 1.10. The first-order chi connectivity index (χ1) is 4.50. The fourth-order valence-electron chi connectivity index (χ4n) is 0.561. The molecule has 0 fully saturated rings. The average Bonchev–Trinajstić information content (AvgIpc) is 2.11. The van der Waals surface area contributed by atoms with E-state index in [1.807, 2.05) is 13.8 Å². The Balaban J connectivity index is 0.000001000. The third kappa shape index (κ3) is 2.48. The Bertz CT molecular complexity index is 228. The summed E-state index contributed by atoms with van der Waals surface area (Å²) in [5.41, 5.74) is 5.18. The zero-order chi connectivity index (χ0) is 7.78. The number of rotatable bonds is 1. The standard InChI is InChI=1S/C6H11N3O.ClH/c1-4-8-5(9-10-4)6(2,3)7;/h7H2,1-3H3;1H. The van der Waals surface area contributed by atoms with Crippen LogP contribution in [0, 0.1) is 6.92 Å². The van der Waals surface area contributed by atoms with Crippen LogP contribution in [-0.2, 0) is 5.54 Å². The second kappa shape index (κ2) is 3.19. The molecule has 0 amide bonds. The fourth-order valence-corrected chi connectivity index (χ4v) is 0.561. The summed E-state index contributed by atoms with van der Waals surface area (Å²) in [4.78, 5) is 3.98. The molecule has 11 heavy (non-hydrogen) atoms. The molecule has 0 bridgehead atoms. The summed E-state index contributed by atoms with van der Waals surface area (Å²) in [6, 6.07) is 0. The molecule has 2 N–H and O–H groups in total. The summed E-state index contributed by atoms with van der Waals surface area (Å²) < 4.78 is 4.75. The first-order valence-corrected chi connectivity index (χ1v) is 3.10. The lowest BCUT2D eigenvalue weighted by atomic mass is 10.1. The number of hydrogen-bond acceptors (Lipinski definition) is 4. The first-order valence-electron chi connectivity index (χ1n) is 3.10. The SMILES string of the molecule is Cc1nc(C(C)(C)N)no1.Cl. The molecule has 4 nitrogen and oxygen atoms in total. The summed E-state index contributed by atoms with van der Waals surface area (Å²) in [7, 11) is 0. The molecule has 0 radical (unpaired) electrons. The second-order valence-electron chi connectivity index (χ2n) is 2.86. The molecule has 1 heterocycles. The zero-order valence-electron chi connectivity index (χ0n) is 6.79. The van der Waals surface area contributed by atoms with Crippen LogP contribution < -0.4 is 5.73 Å². The number of aromatic nitrogens is 2. The second-order valence-corrected chi connectivity index (χ2v) is 2.86. The van der Waals surface area contributed by atoms with Crippen molar-refractivity contribution in [3.05, 3.63) is 11.7 Å². The minimum atomic E-state index is -0.502. The van der Waals surface area contributed by atoms with Crippen LogP contribution in [0.2, 0.25) is 0 Å². The van der Waals surface area contributed by atoms with Crippen molar-refractivity contribution in [3.8, 4) is 0 Å². The molecule has 0 aliphatic carbocycles. The number of nitrogens with zero attached hydrogens (tertiary/aromatic N) is 2. The van der Waals surface area contributed by atoms with Gasteiger partial charge in [0.25, 0.3) is 0 Å². The number of nitrogens with two attached hydrogens (primary N) is 1. The van der Waals surface area contributed by atoms with Crippen LogP contribution in [0.3, 0.4) is 0 Å². The van der Waals surface area contributed by atoms with Crippen molar-refractivity contribution in [2.24, 2.45) is 5.73 Å². The van der Waals surface area contributed by atoms with Gasteiger partial charge in [0.05, 0.1) is 5.54 Å². The topological polar surface area (TPSA) is 64.9 Å². The Kier molecular flexibility index (Phi) is 3.02. The van der Waals surface area contributed by atoms with Crippen LogP contribution >= 0.6 is 12.4 Å². The Labute approximate surface area is 71.6 Å². The van der Waals surface area contributed by atoms with E-state index in [4.69, 9.17) is 10.3 Å². The van der Waals surface area contributed by atoms with Gasteiger partial charge in [-0.05, 0) is 13.8 Å². The minimum Gasteiger partial charge on any atom is -0.340 e. The normalized spacial score (nSPS) is 10.9.